The van der Waals surface area contributed by atoms with Crippen molar-refractivity contribution in [3.8, 4) is 11.4 Å². The van der Waals surface area contributed by atoms with Gasteiger partial charge < -0.3 is 4.57 Å². The van der Waals surface area contributed by atoms with Gasteiger partial charge in [0.2, 0.25) is 0 Å². The van der Waals surface area contributed by atoms with E-state index in [1.807, 2.05) is 12.3 Å². The van der Waals surface area contributed by atoms with Gasteiger partial charge in [0.25, 0.3) is 0 Å². The number of imidazole rings is 1. The molecule has 1 fully saturated rings. The van der Waals surface area contributed by atoms with Gasteiger partial charge >= 0.3 is 0 Å². The van der Waals surface area contributed by atoms with Crippen molar-refractivity contribution < 1.29 is 0 Å². The Hall–Kier alpha value is -1.09. The molecule has 1 aliphatic rings. The SMILES string of the molecule is BrCC1(Cn2ccnc2-c2ccccc2)CCCC1. The summed E-state index contributed by atoms with van der Waals surface area (Å²) in [7, 11) is 0. The molecule has 0 unspecified atom stereocenters. The van der Waals surface area contributed by atoms with Gasteiger partial charge in [-0.25, -0.2) is 4.98 Å². The first-order valence-electron chi connectivity index (χ1n) is 6.96. The van der Waals surface area contributed by atoms with Gasteiger partial charge in [-0.3, -0.25) is 0 Å². The summed E-state index contributed by atoms with van der Waals surface area (Å²) in [5.41, 5.74) is 1.62. The number of hydrogen-bond donors (Lipinski definition) is 0. The van der Waals surface area contributed by atoms with Crippen LogP contribution in [0.15, 0.2) is 42.7 Å². The molecular weight excluding hydrogens is 300 g/mol. The van der Waals surface area contributed by atoms with Crippen LogP contribution in [0.2, 0.25) is 0 Å². The lowest BCUT2D eigenvalue weighted by molar-refractivity contribution is 0.293. The molecule has 1 aromatic heterocycles. The lowest BCUT2D eigenvalue weighted by Gasteiger charge is -2.27. The van der Waals surface area contributed by atoms with Crippen LogP contribution in [0.25, 0.3) is 11.4 Å². The maximum absolute atomic E-state index is 4.54. The second-order valence-electron chi connectivity index (χ2n) is 5.59. The normalized spacial score (nSPS) is 17.7. The molecule has 2 nitrogen and oxygen atoms in total. The molecule has 0 spiro atoms. The number of rotatable bonds is 4. The molecule has 0 bridgehead atoms. The molecule has 1 aliphatic carbocycles. The second kappa shape index (κ2) is 5.49. The number of benzene rings is 1. The van der Waals surface area contributed by atoms with Crippen LogP contribution in [0, 0.1) is 5.41 Å². The highest BCUT2D eigenvalue weighted by Gasteiger charge is 2.33. The third-order valence-electron chi connectivity index (χ3n) is 4.20. The summed E-state index contributed by atoms with van der Waals surface area (Å²) in [5, 5.41) is 1.09. The van der Waals surface area contributed by atoms with Gasteiger partial charge in [0.05, 0.1) is 0 Å². The molecule has 1 saturated carbocycles. The van der Waals surface area contributed by atoms with Gasteiger partial charge in [-0.05, 0) is 18.3 Å². The van der Waals surface area contributed by atoms with Crippen LogP contribution in [-0.4, -0.2) is 14.9 Å². The van der Waals surface area contributed by atoms with Gasteiger partial charge in [0, 0.05) is 29.8 Å². The van der Waals surface area contributed by atoms with Crippen LogP contribution in [0.3, 0.4) is 0 Å². The predicted octanol–water partition coefficient (Wildman–Crippen LogP) is 4.51. The largest absolute Gasteiger partial charge is 0.330 e. The Labute approximate surface area is 123 Å². The van der Waals surface area contributed by atoms with Gasteiger partial charge in [-0.1, -0.05) is 59.1 Å². The lowest BCUT2D eigenvalue weighted by atomic mass is 9.88. The Morgan fingerprint density at radius 3 is 2.58 bits per heavy atom. The predicted molar refractivity (Wildman–Crippen MR) is 82.4 cm³/mol. The van der Waals surface area contributed by atoms with E-state index in [1.54, 1.807) is 0 Å². The Morgan fingerprint density at radius 1 is 1.16 bits per heavy atom. The van der Waals surface area contributed by atoms with Crippen molar-refractivity contribution in [2.24, 2.45) is 5.41 Å². The molecule has 2 aromatic rings. The minimum atomic E-state index is 0.421. The van der Waals surface area contributed by atoms with Crippen molar-refractivity contribution in [1.29, 1.82) is 0 Å². The van der Waals surface area contributed by atoms with Gasteiger partial charge in [0.15, 0.2) is 0 Å². The average molecular weight is 319 g/mol. The third kappa shape index (κ3) is 2.62. The number of halogens is 1. The molecule has 0 saturated heterocycles. The standard InChI is InChI=1S/C16H19BrN2/c17-12-16(8-4-5-9-16)13-19-11-10-18-15(19)14-6-2-1-3-7-14/h1-3,6-7,10-11H,4-5,8-9,12-13H2. The van der Waals surface area contributed by atoms with Gasteiger partial charge in [0.1, 0.15) is 5.82 Å². The molecular formula is C16H19BrN2. The number of hydrogen-bond acceptors (Lipinski definition) is 1. The first-order chi connectivity index (χ1) is 9.33. The minimum absolute atomic E-state index is 0.421. The smallest absolute Gasteiger partial charge is 0.139 e. The summed E-state index contributed by atoms with van der Waals surface area (Å²) >= 11 is 3.73. The Kier molecular flexibility index (Phi) is 3.74. The first-order valence-corrected chi connectivity index (χ1v) is 8.08. The molecule has 3 heteroatoms. The van der Waals surface area contributed by atoms with E-state index in [0.717, 1.165) is 17.7 Å². The van der Waals surface area contributed by atoms with Crippen LogP contribution >= 0.6 is 15.9 Å². The molecule has 3 rings (SSSR count). The number of alkyl halides is 1. The van der Waals surface area contributed by atoms with Crippen LogP contribution in [-0.2, 0) is 6.54 Å². The fourth-order valence-corrected chi connectivity index (χ4v) is 3.84. The highest BCUT2D eigenvalue weighted by molar-refractivity contribution is 9.09. The second-order valence-corrected chi connectivity index (χ2v) is 6.15. The van der Waals surface area contributed by atoms with E-state index in [9.17, 15) is 0 Å². The van der Waals surface area contributed by atoms with Crippen molar-refractivity contribution in [3.05, 3.63) is 42.7 Å². The van der Waals surface area contributed by atoms with E-state index in [4.69, 9.17) is 0 Å². The van der Waals surface area contributed by atoms with Crippen molar-refractivity contribution >= 4 is 15.9 Å². The van der Waals surface area contributed by atoms with E-state index in [2.05, 4.69) is 55.9 Å². The molecule has 0 amide bonds. The van der Waals surface area contributed by atoms with E-state index < -0.39 is 0 Å². The van der Waals surface area contributed by atoms with Crippen LogP contribution in [0.1, 0.15) is 25.7 Å². The Bertz CT molecular complexity index is 527. The molecule has 100 valence electrons. The van der Waals surface area contributed by atoms with E-state index >= 15 is 0 Å². The van der Waals surface area contributed by atoms with Crippen molar-refractivity contribution in [3.63, 3.8) is 0 Å². The zero-order valence-corrected chi connectivity index (χ0v) is 12.6. The number of aromatic nitrogens is 2. The van der Waals surface area contributed by atoms with Crippen molar-refractivity contribution in [2.75, 3.05) is 5.33 Å². The fourth-order valence-electron chi connectivity index (χ4n) is 3.10. The summed E-state index contributed by atoms with van der Waals surface area (Å²) in [6.07, 6.45) is 9.40. The van der Waals surface area contributed by atoms with Gasteiger partial charge in [-0.15, -0.1) is 0 Å². The van der Waals surface area contributed by atoms with Crippen LogP contribution in [0.4, 0.5) is 0 Å². The molecule has 0 radical (unpaired) electrons. The van der Waals surface area contributed by atoms with Crippen LogP contribution < -0.4 is 0 Å². The summed E-state index contributed by atoms with van der Waals surface area (Å²) in [4.78, 5) is 4.54. The highest BCUT2D eigenvalue weighted by atomic mass is 79.9. The fraction of sp³-hybridized carbons (Fsp3) is 0.438. The zero-order valence-electron chi connectivity index (χ0n) is 11.1. The zero-order chi connectivity index (χ0) is 13.1. The Morgan fingerprint density at radius 2 is 1.89 bits per heavy atom. The summed E-state index contributed by atoms with van der Waals surface area (Å²) in [5.74, 6) is 1.09. The monoisotopic (exact) mass is 318 g/mol. The molecule has 1 heterocycles. The average Bonchev–Trinajstić information content (AvgIpc) is 3.10. The summed E-state index contributed by atoms with van der Waals surface area (Å²) in [6.45, 7) is 1.07. The Balaban J connectivity index is 1.88. The van der Waals surface area contributed by atoms with Gasteiger partial charge in [-0.2, -0.15) is 0 Å². The van der Waals surface area contributed by atoms with E-state index in [1.165, 1.54) is 31.2 Å². The van der Waals surface area contributed by atoms with Crippen LogP contribution in [0.5, 0.6) is 0 Å². The quantitative estimate of drug-likeness (QED) is 0.759. The van der Waals surface area contributed by atoms with E-state index in [0.29, 0.717) is 5.41 Å². The maximum Gasteiger partial charge on any atom is 0.139 e. The highest BCUT2D eigenvalue weighted by Crippen LogP contribution is 2.41. The summed E-state index contributed by atoms with van der Waals surface area (Å²) in [6, 6.07) is 10.5. The first kappa shape index (κ1) is 12.9. The minimum Gasteiger partial charge on any atom is -0.330 e. The maximum atomic E-state index is 4.54. The third-order valence-corrected chi connectivity index (χ3v) is 5.39. The van der Waals surface area contributed by atoms with Crippen molar-refractivity contribution in [2.45, 2.75) is 32.2 Å². The number of nitrogens with zero attached hydrogens (tertiary/aromatic N) is 2. The van der Waals surface area contributed by atoms with E-state index in [-0.39, 0.29) is 0 Å². The molecule has 0 N–H and O–H groups in total. The molecule has 1 aromatic carbocycles. The molecule has 0 atom stereocenters. The molecule has 19 heavy (non-hydrogen) atoms. The molecule has 0 aliphatic heterocycles. The summed E-state index contributed by atoms with van der Waals surface area (Å²) < 4.78 is 2.32. The van der Waals surface area contributed by atoms with Crippen molar-refractivity contribution in [1.82, 2.24) is 9.55 Å². The lowest BCUT2D eigenvalue weighted by Crippen LogP contribution is -2.25. The topological polar surface area (TPSA) is 17.8 Å².